The van der Waals surface area contributed by atoms with E-state index in [0.29, 0.717) is 6.42 Å². The molecular formula is C23H25NO2S. The molecule has 27 heavy (non-hydrogen) atoms. The molecule has 4 heteroatoms. The van der Waals surface area contributed by atoms with Crippen molar-refractivity contribution in [3.05, 3.63) is 90.5 Å². The lowest BCUT2D eigenvalue weighted by Crippen LogP contribution is -2.33. The summed E-state index contributed by atoms with van der Waals surface area (Å²) in [5, 5.41) is 0. The molecule has 0 amide bonds. The van der Waals surface area contributed by atoms with Crippen molar-refractivity contribution in [2.75, 3.05) is 13.1 Å². The minimum Gasteiger partial charge on any atom is -0.207 e. The Kier molecular flexibility index (Phi) is 7.60. The van der Waals surface area contributed by atoms with Crippen LogP contribution in [-0.4, -0.2) is 25.8 Å². The molecule has 0 bridgehead atoms. The fourth-order valence-corrected chi connectivity index (χ4v) is 3.84. The Bertz CT molecular complexity index is 933. The lowest BCUT2D eigenvalue weighted by Gasteiger charge is -2.21. The number of hydrogen-bond acceptors (Lipinski definition) is 2. The molecule has 0 heterocycles. The summed E-state index contributed by atoms with van der Waals surface area (Å²) in [7, 11) is -3.65. The second kappa shape index (κ2) is 9.91. The molecule has 0 spiro atoms. The van der Waals surface area contributed by atoms with E-state index in [1.54, 1.807) is 30.3 Å². The van der Waals surface area contributed by atoms with Crippen molar-refractivity contribution in [1.29, 1.82) is 0 Å². The van der Waals surface area contributed by atoms with Crippen molar-refractivity contribution in [3.8, 4) is 11.8 Å². The van der Waals surface area contributed by atoms with E-state index in [4.69, 9.17) is 0 Å². The van der Waals surface area contributed by atoms with Crippen molar-refractivity contribution in [2.24, 2.45) is 0 Å². The van der Waals surface area contributed by atoms with E-state index in [0.717, 1.165) is 23.1 Å². The van der Waals surface area contributed by atoms with Crippen LogP contribution in [0.15, 0.2) is 84.3 Å². The van der Waals surface area contributed by atoms with Gasteiger partial charge in [-0.05, 0) is 44.0 Å². The van der Waals surface area contributed by atoms with Crippen molar-refractivity contribution < 1.29 is 8.42 Å². The molecule has 0 saturated carbocycles. The second-order valence-corrected chi connectivity index (χ2v) is 8.27. The molecule has 2 aromatic rings. The highest BCUT2D eigenvalue weighted by Gasteiger charge is 2.24. The molecule has 0 saturated heterocycles. The number of hydrogen-bond donors (Lipinski definition) is 0. The van der Waals surface area contributed by atoms with Gasteiger partial charge in [0.25, 0.3) is 0 Å². The first-order valence-electron chi connectivity index (χ1n) is 8.82. The number of sulfonamides is 1. The molecule has 0 unspecified atom stereocenters. The van der Waals surface area contributed by atoms with E-state index in [1.807, 2.05) is 37.3 Å². The number of rotatable bonds is 8. The molecule has 2 aromatic carbocycles. The molecular weight excluding hydrogens is 354 g/mol. The average Bonchev–Trinajstić information content (AvgIpc) is 2.66. The maximum absolute atomic E-state index is 13.1. The minimum absolute atomic E-state index is 0.109. The van der Waals surface area contributed by atoms with Crippen LogP contribution in [0.2, 0.25) is 0 Å². The molecule has 0 atom stereocenters. The van der Waals surface area contributed by atoms with E-state index in [2.05, 4.69) is 25.0 Å². The summed E-state index contributed by atoms with van der Waals surface area (Å²) in [6, 6.07) is 16.4. The summed E-state index contributed by atoms with van der Waals surface area (Å²) in [5.74, 6) is 6.01. The summed E-state index contributed by atoms with van der Waals surface area (Å²) in [6.07, 6.45) is 3.28. The number of nitrogens with zero attached hydrogens (tertiary/aromatic N) is 1. The third-order valence-electron chi connectivity index (χ3n) is 4.02. The first kappa shape index (κ1) is 20.7. The van der Waals surface area contributed by atoms with E-state index in [-0.39, 0.29) is 18.0 Å². The smallest absolute Gasteiger partial charge is 0.207 e. The van der Waals surface area contributed by atoms with Crippen LogP contribution in [0.3, 0.4) is 0 Å². The van der Waals surface area contributed by atoms with Crippen LogP contribution < -0.4 is 0 Å². The van der Waals surface area contributed by atoms with Gasteiger partial charge < -0.3 is 0 Å². The molecule has 0 aliphatic rings. The Morgan fingerprint density at radius 3 is 2.41 bits per heavy atom. The Labute approximate surface area is 163 Å². The Balaban J connectivity index is 2.25. The molecule has 3 nitrogen and oxygen atoms in total. The van der Waals surface area contributed by atoms with Crippen LogP contribution in [0, 0.1) is 18.8 Å². The van der Waals surface area contributed by atoms with Gasteiger partial charge in [0.1, 0.15) is 0 Å². The van der Waals surface area contributed by atoms with Gasteiger partial charge in [-0.15, -0.1) is 6.58 Å². The quantitative estimate of drug-likeness (QED) is 0.498. The maximum atomic E-state index is 13.1. The first-order chi connectivity index (χ1) is 12.9. The molecule has 0 fully saturated rings. The predicted octanol–water partition coefficient (Wildman–Crippen LogP) is 4.56. The van der Waals surface area contributed by atoms with Gasteiger partial charge >= 0.3 is 0 Å². The van der Waals surface area contributed by atoms with Gasteiger partial charge in [-0.2, -0.15) is 4.31 Å². The second-order valence-electron chi connectivity index (χ2n) is 6.33. The summed E-state index contributed by atoms with van der Waals surface area (Å²) in [6.45, 7) is 10.0. The van der Waals surface area contributed by atoms with Gasteiger partial charge in [0.05, 0.1) is 11.4 Å². The lowest BCUT2D eigenvalue weighted by atomic mass is 10.1. The fourth-order valence-electron chi connectivity index (χ4n) is 2.47. The monoisotopic (exact) mass is 379 g/mol. The zero-order valence-corrected chi connectivity index (χ0v) is 16.5. The number of aryl methyl sites for hydroxylation is 1. The Morgan fingerprint density at radius 2 is 1.78 bits per heavy atom. The Morgan fingerprint density at radius 1 is 1.11 bits per heavy atom. The zero-order valence-electron chi connectivity index (χ0n) is 15.7. The van der Waals surface area contributed by atoms with Crippen molar-refractivity contribution in [1.82, 2.24) is 4.31 Å². The van der Waals surface area contributed by atoms with Crippen LogP contribution in [0.1, 0.15) is 24.0 Å². The van der Waals surface area contributed by atoms with E-state index >= 15 is 0 Å². The van der Waals surface area contributed by atoms with Gasteiger partial charge in [0, 0.05) is 12.1 Å². The summed E-state index contributed by atoms with van der Waals surface area (Å²) in [4.78, 5) is 0.270. The average molecular weight is 380 g/mol. The van der Waals surface area contributed by atoms with Crippen molar-refractivity contribution in [2.45, 2.75) is 24.7 Å². The SMILES string of the molecule is C=CCCC(=C)CN(CC#Cc1ccccc1)S(=O)(=O)c1ccc(C)cc1. The van der Waals surface area contributed by atoms with Crippen molar-refractivity contribution in [3.63, 3.8) is 0 Å². The fraction of sp³-hybridized carbons (Fsp3) is 0.217. The molecule has 0 aromatic heterocycles. The van der Waals surface area contributed by atoms with Gasteiger partial charge in [-0.25, -0.2) is 8.42 Å². The molecule has 2 rings (SSSR count). The van der Waals surface area contributed by atoms with Crippen LogP contribution in [0.5, 0.6) is 0 Å². The number of allylic oxidation sites excluding steroid dienone is 1. The number of benzene rings is 2. The summed E-state index contributed by atoms with van der Waals surface area (Å²) < 4.78 is 27.6. The Hall–Kier alpha value is -2.61. The van der Waals surface area contributed by atoms with Crippen LogP contribution in [0.25, 0.3) is 0 Å². The summed E-state index contributed by atoms with van der Waals surface area (Å²) >= 11 is 0. The van der Waals surface area contributed by atoms with Gasteiger partial charge in [0.15, 0.2) is 0 Å². The highest BCUT2D eigenvalue weighted by atomic mass is 32.2. The van der Waals surface area contributed by atoms with Crippen LogP contribution in [-0.2, 0) is 10.0 Å². The van der Waals surface area contributed by atoms with Gasteiger partial charge in [-0.1, -0.05) is 66.0 Å². The van der Waals surface area contributed by atoms with E-state index in [9.17, 15) is 8.42 Å². The summed E-state index contributed by atoms with van der Waals surface area (Å²) in [5.41, 5.74) is 2.71. The maximum Gasteiger partial charge on any atom is 0.244 e. The van der Waals surface area contributed by atoms with E-state index < -0.39 is 10.0 Å². The van der Waals surface area contributed by atoms with Crippen LogP contribution >= 0.6 is 0 Å². The normalized spacial score (nSPS) is 10.9. The highest BCUT2D eigenvalue weighted by Crippen LogP contribution is 2.18. The minimum atomic E-state index is -3.65. The predicted molar refractivity (Wildman–Crippen MR) is 112 cm³/mol. The first-order valence-corrected chi connectivity index (χ1v) is 10.3. The molecule has 0 radical (unpaired) electrons. The molecule has 0 N–H and O–H groups in total. The van der Waals surface area contributed by atoms with Gasteiger partial charge in [0.2, 0.25) is 10.0 Å². The van der Waals surface area contributed by atoms with Crippen molar-refractivity contribution >= 4 is 10.0 Å². The lowest BCUT2D eigenvalue weighted by molar-refractivity contribution is 0.467. The third kappa shape index (κ3) is 6.25. The zero-order chi connectivity index (χ0) is 19.7. The topological polar surface area (TPSA) is 37.4 Å². The van der Waals surface area contributed by atoms with E-state index in [1.165, 1.54) is 4.31 Å². The van der Waals surface area contributed by atoms with Gasteiger partial charge in [-0.3, -0.25) is 0 Å². The molecule has 0 aliphatic carbocycles. The van der Waals surface area contributed by atoms with Crippen LogP contribution in [0.4, 0.5) is 0 Å². The third-order valence-corrected chi connectivity index (χ3v) is 5.83. The molecule has 0 aliphatic heterocycles. The molecule has 140 valence electrons. The highest BCUT2D eigenvalue weighted by molar-refractivity contribution is 7.89. The standard InChI is InChI=1S/C23H25NO2S/c1-4-5-10-21(3)19-24(18-9-13-22-11-7-6-8-12-22)27(25,26)23-16-14-20(2)15-17-23/h4,6-8,11-12,14-17H,1,3,5,10,18-19H2,2H3. The largest absolute Gasteiger partial charge is 0.244 e.